The number of aryl methyl sites for hydroxylation is 1. The van der Waals surface area contributed by atoms with Crippen LogP contribution in [-0.2, 0) is 9.59 Å². The van der Waals surface area contributed by atoms with Gasteiger partial charge in [0, 0.05) is 32.4 Å². The number of methoxy groups -OCH3 is 1. The molecule has 0 spiro atoms. The molecule has 1 saturated heterocycles. The number of para-hydroxylation sites is 2. The van der Waals surface area contributed by atoms with E-state index >= 15 is 0 Å². The number of rotatable bonds is 3. The van der Waals surface area contributed by atoms with Crippen molar-refractivity contribution in [2.45, 2.75) is 6.92 Å². The van der Waals surface area contributed by atoms with Crippen molar-refractivity contribution in [3.8, 4) is 5.75 Å². The van der Waals surface area contributed by atoms with Gasteiger partial charge in [-0.1, -0.05) is 18.2 Å². The van der Waals surface area contributed by atoms with Crippen LogP contribution in [0.5, 0.6) is 5.75 Å². The summed E-state index contributed by atoms with van der Waals surface area (Å²) in [5, 5.41) is 2.55. The Bertz CT molecular complexity index is 784. The van der Waals surface area contributed by atoms with Crippen molar-refractivity contribution < 1.29 is 14.3 Å². The summed E-state index contributed by atoms with van der Waals surface area (Å²) >= 11 is 0. The van der Waals surface area contributed by atoms with E-state index in [1.54, 1.807) is 24.3 Å². The minimum atomic E-state index is -0.660. The third-order valence-corrected chi connectivity index (χ3v) is 4.34. The van der Waals surface area contributed by atoms with E-state index in [1.807, 2.05) is 37.3 Å². The van der Waals surface area contributed by atoms with E-state index in [0.29, 0.717) is 32.0 Å². The second-order valence-electron chi connectivity index (χ2n) is 6.13. The summed E-state index contributed by atoms with van der Waals surface area (Å²) in [4.78, 5) is 32.4. The fraction of sp³-hybridized carbons (Fsp3) is 0.316. The molecule has 136 valence electrons. The third-order valence-electron chi connectivity index (χ3n) is 4.34. The van der Waals surface area contributed by atoms with Gasteiger partial charge in [-0.3, -0.25) is 9.59 Å². The van der Waals surface area contributed by atoms with E-state index in [4.69, 9.17) is 4.74 Å². The van der Waals surface area contributed by atoms with E-state index in [-0.39, 0.29) is 0 Å². The van der Waals surface area contributed by atoms with Crippen molar-refractivity contribution in [2.75, 3.05) is 43.5 Å². The Balaban J connectivity index is 1.58. The van der Waals surface area contributed by atoms with Crippen LogP contribution in [0.25, 0.3) is 0 Å². The van der Waals surface area contributed by atoms with Gasteiger partial charge in [0.1, 0.15) is 11.6 Å². The molecular formula is C19H22N4O3. The number of piperazine rings is 1. The Morgan fingerprint density at radius 1 is 1.08 bits per heavy atom. The largest absolute Gasteiger partial charge is 0.495 e. The Morgan fingerprint density at radius 3 is 2.46 bits per heavy atom. The lowest BCUT2D eigenvalue weighted by Gasteiger charge is -2.36. The predicted molar refractivity (Wildman–Crippen MR) is 99.4 cm³/mol. The van der Waals surface area contributed by atoms with Crippen molar-refractivity contribution in [3.05, 3.63) is 48.2 Å². The van der Waals surface area contributed by atoms with Crippen LogP contribution in [0.3, 0.4) is 0 Å². The average Bonchev–Trinajstić information content (AvgIpc) is 2.69. The van der Waals surface area contributed by atoms with Crippen molar-refractivity contribution in [3.63, 3.8) is 0 Å². The lowest BCUT2D eigenvalue weighted by atomic mass is 10.2. The smallest absolute Gasteiger partial charge is 0.315 e. The molecule has 26 heavy (non-hydrogen) atoms. The van der Waals surface area contributed by atoms with Crippen LogP contribution >= 0.6 is 0 Å². The maximum absolute atomic E-state index is 12.4. The summed E-state index contributed by atoms with van der Waals surface area (Å²) in [6.07, 6.45) is 1.64. The predicted octanol–water partition coefficient (Wildman–Crippen LogP) is 1.69. The zero-order valence-electron chi connectivity index (χ0n) is 14.9. The van der Waals surface area contributed by atoms with Crippen molar-refractivity contribution >= 4 is 23.3 Å². The molecule has 0 aliphatic carbocycles. The summed E-state index contributed by atoms with van der Waals surface area (Å²) in [7, 11) is 1.64. The molecule has 0 saturated carbocycles. The summed E-state index contributed by atoms with van der Waals surface area (Å²) in [6, 6.07) is 11.3. The van der Waals surface area contributed by atoms with Gasteiger partial charge in [-0.25, -0.2) is 4.98 Å². The molecule has 7 nitrogen and oxygen atoms in total. The van der Waals surface area contributed by atoms with Gasteiger partial charge in [-0.2, -0.15) is 0 Å². The van der Waals surface area contributed by atoms with Crippen molar-refractivity contribution in [1.82, 2.24) is 9.88 Å². The molecular weight excluding hydrogens is 332 g/mol. The first kappa shape index (κ1) is 17.7. The number of carbonyl (C=O) groups is 2. The summed E-state index contributed by atoms with van der Waals surface area (Å²) < 4.78 is 5.39. The Labute approximate surface area is 152 Å². The summed E-state index contributed by atoms with van der Waals surface area (Å²) in [6.45, 7) is 4.15. The number of amides is 2. The van der Waals surface area contributed by atoms with E-state index < -0.39 is 11.8 Å². The number of pyridine rings is 1. The van der Waals surface area contributed by atoms with Crippen LogP contribution in [0.1, 0.15) is 5.56 Å². The maximum atomic E-state index is 12.4. The fourth-order valence-corrected chi connectivity index (χ4v) is 2.90. The van der Waals surface area contributed by atoms with Crippen LogP contribution in [-0.4, -0.2) is 55.0 Å². The Morgan fingerprint density at radius 2 is 1.81 bits per heavy atom. The lowest BCUT2D eigenvalue weighted by molar-refractivity contribution is -0.143. The number of benzene rings is 1. The number of carbonyl (C=O) groups excluding carboxylic acids is 2. The highest BCUT2D eigenvalue weighted by molar-refractivity contribution is 6.39. The number of hydrogen-bond donors (Lipinski definition) is 1. The second-order valence-corrected chi connectivity index (χ2v) is 6.13. The van der Waals surface area contributed by atoms with E-state index in [0.717, 1.165) is 17.0 Å². The number of ether oxygens (including phenoxy) is 1. The van der Waals surface area contributed by atoms with Crippen LogP contribution in [0, 0.1) is 6.92 Å². The first-order valence-corrected chi connectivity index (χ1v) is 8.49. The van der Waals surface area contributed by atoms with Gasteiger partial charge in [0.15, 0.2) is 0 Å². The Hall–Kier alpha value is -3.09. The summed E-state index contributed by atoms with van der Waals surface area (Å²) in [5.74, 6) is -0.0174. The van der Waals surface area contributed by atoms with Crippen LogP contribution in [0.15, 0.2) is 42.6 Å². The average molecular weight is 354 g/mol. The van der Waals surface area contributed by atoms with E-state index in [1.165, 1.54) is 0 Å². The first-order valence-electron chi connectivity index (χ1n) is 8.49. The molecule has 1 N–H and O–H groups in total. The lowest BCUT2D eigenvalue weighted by Crippen LogP contribution is -2.51. The zero-order chi connectivity index (χ0) is 18.5. The van der Waals surface area contributed by atoms with E-state index in [9.17, 15) is 9.59 Å². The standard InChI is InChI=1S/C19H22N4O3/c1-14-7-8-17(20-13-14)21-18(24)19(25)23-11-9-22(10-12-23)15-5-3-4-6-16(15)26-2/h3-8,13H,9-12H2,1-2H3,(H,20,21,24). The van der Waals surface area contributed by atoms with Crippen LogP contribution in [0.2, 0.25) is 0 Å². The first-order chi connectivity index (χ1) is 12.6. The van der Waals surface area contributed by atoms with Gasteiger partial charge < -0.3 is 19.9 Å². The van der Waals surface area contributed by atoms with Gasteiger partial charge >= 0.3 is 11.8 Å². The number of aromatic nitrogens is 1. The molecule has 2 heterocycles. The minimum Gasteiger partial charge on any atom is -0.495 e. The second kappa shape index (κ2) is 7.86. The van der Waals surface area contributed by atoms with E-state index in [2.05, 4.69) is 15.2 Å². The zero-order valence-corrected chi connectivity index (χ0v) is 14.9. The van der Waals surface area contributed by atoms with Gasteiger partial charge in [-0.15, -0.1) is 0 Å². The molecule has 1 aliphatic heterocycles. The molecule has 1 aliphatic rings. The normalized spacial score (nSPS) is 14.1. The fourth-order valence-electron chi connectivity index (χ4n) is 2.90. The maximum Gasteiger partial charge on any atom is 0.315 e. The third kappa shape index (κ3) is 3.93. The molecule has 0 unspecified atom stereocenters. The number of anilines is 2. The minimum absolute atomic E-state index is 0.376. The molecule has 0 bridgehead atoms. The van der Waals surface area contributed by atoms with Gasteiger partial charge in [0.25, 0.3) is 0 Å². The number of nitrogens with zero attached hydrogens (tertiary/aromatic N) is 3. The molecule has 7 heteroatoms. The van der Waals surface area contributed by atoms with Gasteiger partial charge in [-0.05, 0) is 30.7 Å². The van der Waals surface area contributed by atoms with Crippen molar-refractivity contribution in [1.29, 1.82) is 0 Å². The highest BCUT2D eigenvalue weighted by Crippen LogP contribution is 2.28. The van der Waals surface area contributed by atoms with Gasteiger partial charge in [0.05, 0.1) is 12.8 Å². The Kier molecular flexibility index (Phi) is 5.36. The molecule has 1 aromatic heterocycles. The molecule has 1 aromatic carbocycles. The molecule has 1 fully saturated rings. The monoisotopic (exact) mass is 354 g/mol. The SMILES string of the molecule is COc1ccccc1N1CCN(C(=O)C(=O)Nc2ccc(C)cn2)CC1. The highest BCUT2D eigenvalue weighted by Gasteiger charge is 2.27. The molecule has 2 aromatic rings. The summed E-state index contributed by atoms with van der Waals surface area (Å²) in [5.41, 5.74) is 1.98. The topological polar surface area (TPSA) is 74.8 Å². The highest BCUT2D eigenvalue weighted by atomic mass is 16.5. The van der Waals surface area contributed by atoms with Crippen molar-refractivity contribution in [2.24, 2.45) is 0 Å². The molecule has 0 radical (unpaired) electrons. The molecule has 2 amide bonds. The molecule has 3 rings (SSSR count). The van der Waals surface area contributed by atoms with Gasteiger partial charge in [0.2, 0.25) is 0 Å². The quantitative estimate of drug-likeness (QED) is 0.849. The number of hydrogen-bond acceptors (Lipinski definition) is 5. The van der Waals surface area contributed by atoms with Crippen LogP contribution in [0.4, 0.5) is 11.5 Å². The van der Waals surface area contributed by atoms with Crippen LogP contribution < -0.4 is 15.0 Å². The number of nitrogens with one attached hydrogen (secondary N) is 1. The molecule has 0 atom stereocenters.